The molecule has 1 saturated carbocycles. The van der Waals surface area contributed by atoms with Gasteiger partial charge in [0.2, 0.25) is 0 Å². The van der Waals surface area contributed by atoms with Crippen molar-refractivity contribution in [1.29, 1.82) is 5.26 Å². The third-order valence-electron chi connectivity index (χ3n) is 3.51. The smallest absolute Gasteiger partial charge is 0.182 e. The summed E-state index contributed by atoms with van der Waals surface area (Å²) < 4.78 is 6.78. The molecule has 0 unspecified atom stereocenters. The molecule has 96 valence electrons. The van der Waals surface area contributed by atoms with Gasteiger partial charge in [0, 0.05) is 10.7 Å². The summed E-state index contributed by atoms with van der Waals surface area (Å²) >= 11 is 3.36. The molecule has 0 spiro atoms. The minimum atomic E-state index is 0.209. The van der Waals surface area contributed by atoms with E-state index in [0.29, 0.717) is 16.9 Å². The zero-order chi connectivity index (χ0) is 13.2. The minimum absolute atomic E-state index is 0.209. The lowest BCUT2D eigenvalue weighted by Gasteiger charge is -2.34. The molecule has 0 aliphatic heterocycles. The molecule has 3 nitrogen and oxygen atoms in total. The van der Waals surface area contributed by atoms with Crippen molar-refractivity contribution in [3.63, 3.8) is 0 Å². The normalized spacial score (nSPS) is 19.2. The fourth-order valence-corrected chi connectivity index (χ4v) is 2.57. The number of hydrogen-bond donors (Lipinski definition) is 0. The second-order valence-electron chi connectivity index (χ2n) is 5.59. The third kappa shape index (κ3) is 3.23. The monoisotopic (exact) mass is 308 g/mol. The van der Waals surface area contributed by atoms with Crippen LogP contribution in [0.1, 0.15) is 45.2 Å². The molecule has 0 radical (unpaired) electrons. The highest BCUT2D eigenvalue weighted by atomic mass is 79.9. The maximum atomic E-state index is 9.01. The Labute approximate surface area is 116 Å². The van der Waals surface area contributed by atoms with Crippen LogP contribution in [0.5, 0.6) is 5.75 Å². The van der Waals surface area contributed by atoms with Crippen LogP contribution in [0.3, 0.4) is 0 Å². The number of pyridine rings is 1. The third-order valence-corrected chi connectivity index (χ3v) is 3.94. The Balaban J connectivity index is 2.07. The van der Waals surface area contributed by atoms with Gasteiger partial charge in [0.15, 0.2) is 11.4 Å². The quantitative estimate of drug-likeness (QED) is 0.827. The minimum Gasteiger partial charge on any atom is -0.487 e. The number of aromatic nitrogens is 1. The number of hydrogen-bond acceptors (Lipinski definition) is 3. The van der Waals surface area contributed by atoms with Crippen molar-refractivity contribution in [3.8, 4) is 11.8 Å². The molecule has 0 N–H and O–H groups in total. The van der Waals surface area contributed by atoms with E-state index in [2.05, 4.69) is 40.8 Å². The van der Waals surface area contributed by atoms with Gasteiger partial charge in [-0.15, -0.1) is 0 Å². The fourth-order valence-electron chi connectivity index (χ4n) is 2.26. The first kappa shape index (κ1) is 13.4. The molecule has 18 heavy (non-hydrogen) atoms. The zero-order valence-electron chi connectivity index (χ0n) is 10.7. The summed E-state index contributed by atoms with van der Waals surface area (Å²) in [7, 11) is 0. The van der Waals surface area contributed by atoms with Gasteiger partial charge in [-0.05, 0) is 53.1 Å². The molecule has 1 fully saturated rings. The number of rotatable bonds is 2. The zero-order valence-corrected chi connectivity index (χ0v) is 12.3. The Hall–Kier alpha value is -1.08. The van der Waals surface area contributed by atoms with Crippen molar-refractivity contribution in [2.45, 2.75) is 45.6 Å². The first-order chi connectivity index (χ1) is 8.50. The van der Waals surface area contributed by atoms with Gasteiger partial charge in [-0.25, -0.2) is 4.98 Å². The molecule has 1 aliphatic rings. The van der Waals surface area contributed by atoms with Gasteiger partial charge in [-0.3, -0.25) is 0 Å². The van der Waals surface area contributed by atoms with Gasteiger partial charge in [0.1, 0.15) is 6.07 Å². The lowest BCUT2D eigenvalue weighted by molar-refractivity contribution is 0.0981. The van der Waals surface area contributed by atoms with Gasteiger partial charge >= 0.3 is 0 Å². The summed E-state index contributed by atoms with van der Waals surface area (Å²) in [5.74, 6) is 0.594. The summed E-state index contributed by atoms with van der Waals surface area (Å²) in [5.41, 5.74) is 0.788. The summed E-state index contributed by atoms with van der Waals surface area (Å²) in [6.45, 7) is 4.59. The van der Waals surface area contributed by atoms with Gasteiger partial charge < -0.3 is 4.74 Å². The van der Waals surface area contributed by atoms with Crippen LogP contribution >= 0.6 is 15.9 Å². The van der Waals surface area contributed by atoms with E-state index in [1.54, 1.807) is 6.20 Å². The molecule has 1 heterocycles. The van der Waals surface area contributed by atoms with Gasteiger partial charge in [0.25, 0.3) is 0 Å². The SMILES string of the molecule is CC1(C)CCC(Oc2cc(Br)cnc2C#N)CC1. The van der Waals surface area contributed by atoms with Crippen molar-refractivity contribution in [3.05, 3.63) is 22.4 Å². The highest BCUT2D eigenvalue weighted by molar-refractivity contribution is 9.10. The predicted molar refractivity (Wildman–Crippen MR) is 73.3 cm³/mol. The van der Waals surface area contributed by atoms with E-state index < -0.39 is 0 Å². The molecule has 0 aromatic carbocycles. The van der Waals surface area contributed by atoms with E-state index in [9.17, 15) is 0 Å². The highest BCUT2D eigenvalue weighted by Crippen LogP contribution is 2.37. The van der Waals surface area contributed by atoms with Crippen LogP contribution < -0.4 is 4.74 Å². The Morgan fingerprint density at radius 2 is 2.11 bits per heavy atom. The molecule has 2 rings (SSSR count). The molecule has 0 amide bonds. The number of nitriles is 1. The average Bonchev–Trinajstić information content (AvgIpc) is 2.32. The van der Waals surface area contributed by atoms with Gasteiger partial charge in [0.05, 0.1) is 6.10 Å². The van der Waals surface area contributed by atoms with Crippen LogP contribution in [0.2, 0.25) is 0 Å². The standard InChI is InChI=1S/C14H17BrN2O/c1-14(2)5-3-11(4-6-14)18-13-7-10(15)9-17-12(13)8-16/h7,9,11H,3-6H2,1-2H3. The Morgan fingerprint density at radius 3 is 2.72 bits per heavy atom. The summed E-state index contributed by atoms with van der Waals surface area (Å²) in [6.07, 6.45) is 6.26. The lowest BCUT2D eigenvalue weighted by Crippen LogP contribution is -2.28. The van der Waals surface area contributed by atoms with E-state index in [-0.39, 0.29) is 6.10 Å². The second kappa shape index (κ2) is 5.27. The topological polar surface area (TPSA) is 45.9 Å². The predicted octanol–water partition coefficient (Wildman–Crippen LogP) is 4.06. The van der Waals surface area contributed by atoms with Crippen LogP contribution in [-0.4, -0.2) is 11.1 Å². The first-order valence-corrected chi connectivity index (χ1v) is 7.02. The van der Waals surface area contributed by atoms with Crippen molar-refractivity contribution in [2.24, 2.45) is 5.41 Å². The summed E-state index contributed by atoms with van der Waals surface area (Å²) in [5, 5.41) is 9.01. The van der Waals surface area contributed by atoms with Crippen LogP contribution in [0.15, 0.2) is 16.7 Å². The van der Waals surface area contributed by atoms with Crippen molar-refractivity contribution in [2.75, 3.05) is 0 Å². The van der Waals surface area contributed by atoms with E-state index in [4.69, 9.17) is 10.00 Å². The molecular formula is C14H17BrN2O. The van der Waals surface area contributed by atoms with Gasteiger partial charge in [-0.1, -0.05) is 13.8 Å². The van der Waals surface area contributed by atoms with Gasteiger partial charge in [-0.2, -0.15) is 5.26 Å². The van der Waals surface area contributed by atoms with Crippen molar-refractivity contribution >= 4 is 15.9 Å². The maximum absolute atomic E-state index is 9.01. The van der Waals surface area contributed by atoms with Crippen LogP contribution in [0, 0.1) is 16.7 Å². The Bertz CT molecular complexity index is 469. The average molecular weight is 309 g/mol. The number of nitrogens with zero attached hydrogens (tertiary/aromatic N) is 2. The van der Waals surface area contributed by atoms with E-state index in [0.717, 1.165) is 17.3 Å². The number of halogens is 1. The second-order valence-corrected chi connectivity index (χ2v) is 6.51. The molecule has 0 atom stereocenters. The van der Waals surface area contributed by atoms with Crippen molar-refractivity contribution in [1.82, 2.24) is 4.98 Å². The molecule has 0 saturated heterocycles. The van der Waals surface area contributed by atoms with Crippen LogP contribution in [0.4, 0.5) is 0 Å². The fraction of sp³-hybridized carbons (Fsp3) is 0.571. The largest absolute Gasteiger partial charge is 0.487 e. The molecule has 1 aliphatic carbocycles. The van der Waals surface area contributed by atoms with E-state index in [1.165, 1.54) is 12.8 Å². The van der Waals surface area contributed by atoms with E-state index in [1.807, 2.05) is 6.07 Å². The molecule has 4 heteroatoms. The van der Waals surface area contributed by atoms with Crippen LogP contribution in [0.25, 0.3) is 0 Å². The Morgan fingerprint density at radius 1 is 1.44 bits per heavy atom. The van der Waals surface area contributed by atoms with Crippen molar-refractivity contribution < 1.29 is 4.74 Å². The number of ether oxygens (including phenoxy) is 1. The Kier molecular flexibility index (Phi) is 3.91. The van der Waals surface area contributed by atoms with Crippen LogP contribution in [-0.2, 0) is 0 Å². The molecule has 0 bridgehead atoms. The lowest BCUT2D eigenvalue weighted by atomic mass is 9.76. The maximum Gasteiger partial charge on any atom is 0.182 e. The molecule has 1 aromatic heterocycles. The molecule has 1 aromatic rings. The first-order valence-electron chi connectivity index (χ1n) is 6.22. The summed E-state index contributed by atoms with van der Waals surface area (Å²) in [4.78, 5) is 4.06. The summed E-state index contributed by atoms with van der Waals surface area (Å²) in [6, 6.07) is 3.90. The van der Waals surface area contributed by atoms with E-state index >= 15 is 0 Å². The highest BCUT2D eigenvalue weighted by Gasteiger charge is 2.28. The molecular weight excluding hydrogens is 292 g/mol.